The molecule has 164 valence electrons. The summed E-state index contributed by atoms with van der Waals surface area (Å²) in [6.45, 7) is 2.76. The summed E-state index contributed by atoms with van der Waals surface area (Å²) >= 11 is 0. The number of benzene rings is 2. The van der Waals surface area contributed by atoms with Crippen LogP contribution in [0.15, 0.2) is 59.7 Å². The maximum atomic E-state index is 13.3. The molecule has 0 aromatic heterocycles. The van der Waals surface area contributed by atoms with Crippen molar-refractivity contribution in [1.29, 1.82) is 0 Å². The molecule has 1 atom stereocenters. The number of piperazine rings is 1. The number of ether oxygens (including phenoxy) is 1. The van der Waals surface area contributed by atoms with Gasteiger partial charge < -0.3 is 14.5 Å². The van der Waals surface area contributed by atoms with E-state index in [4.69, 9.17) is 4.74 Å². The van der Waals surface area contributed by atoms with Crippen LogP contribution in [-0.4, -0.2) is 44.0 Å². The number of allylic oxidation sites excluding steroid dienone is 1. The number of hydrogen-bond acceptors (Lipinski definition) is 4. The van der Waals surface area contributed by atoms with Crippen LogP contribution in [-0.2, 0) is 6.18 Å². The lowest BCUT2D eigenvalue weighted by atomic mass is 9.90. The van der Waals surface area contributed by atoms with Crippen LogP contribution in [0.2, 0.25) is 0 Å². The van der Waals surface area contributed by atoms with Crippen LogP contribution in [0.5, 0.6) is 5.75 Å². The minimum atomic E-state index is -4.43. The van der Waals surface area contributed by atoms with Crippen LogP contribution < -0.4 is 9.64 Å². The maximum absolute atomic E-state index is 13.3. The first-order chi connectivity index (χ1) is 14.9. The number of methoxy groups -OCH3 is 1. The van der Waals surface area contributed by atoms with Gasteiger partial charge in [-0.3, -0.25) is 0 Å². The van der Waals surface area contributed by atoms with Gasteiger partial charge in [-0.15, -0.1) is 0 Å². The Labute approximate surface area is 178 Å². The molecule has 2 aliphatic heterocycles. The summed E-state index contributed by atoms with van der Waals surface area (Å²) in [6, 6.07) is 9.97. The number of rotatable bonds is 3. The molecular weight excluding hydrogens is 410 g/mol. The standard InChI is InChI=1S/C23H23F4N3O/c1-31-21-9-4-16(23(25,26)27)15-20(21)19-3-2-10-28-22(19)30-13-11-29(12-14-30)18-7-5-17(24)6-8-18/h2,4-10,15,19H,3,11-14H2,1H3. The molecule has 31 heavy (non-hydrogen) atoms. The fourth-order valence-electron chi connectivity index (χ4n) is 4.12. The monoisotopic (exact) mass is 433 g/mol. The van der Waals surface area contributed by atoms with Crippen LogP contribution in [0.4, 0.5) is 23.2 Å². The van der Waals surface area contributed by atoms with Gasteiger partial charge in [0.15, 0.2) is 0 Å². The van der Waals surface area contributed by atoms with Gasteiger partial charge in [0.2, 0.25) is 0 Å². The van der Waals surface area contributed by atoms with Crippen molar-refractivity contribution in [1.82, 2.24) is 4.90 Å². The van der Waals surface area contributed by atoms with Gasteiger partial charge in [0.25, 0.3) is 0 Å². The zero-order valence-electron chi connectivity index (χ0n) is 17.1. The molecule has 0 saturated carbocycles. The summed E-state index contributed by atoms with van der Waals surface area (Å²) in [5, 5.41) is 0. The largest absolute Gasteiger partial charge is 0.496 e. The Morgan fingerprint density at radius 3 is 2.29 bits per heavy atom. The molecule has 2 aromatic carbocycles. The number of anilines is 1. The molecule has 2 heterocycles. The molecule has 0 aliphatic carbocycles. The molecule has 0 spiro atoms. The second-order valence-electron chi connectivity index (χ2n) is 7.57. The van der Waals surface area contributed by atoms with E-state index in [9.17, 15) is 17.6 Å². The lowest BCUT2D eigenvalue weighted by Gasteiger charge is -2.40. The Balaban J connectivity index is 1.56. The summed E-state index contributed by atoms with van der Waals surface area (Å²) in [5.74, 6) is 0.577. The van der Waals surface area contributed by atoms with Gasteiger partial charge in [0, 0.05) is 49.5 Å². The topological polar surface area (TPSA) is 28.1 Å². The van der Waals surface area contributed by atoms with Crippen LogP contribution in [0, 0.1) is 5.82 Å². The van der Waals surface area contributed by atoms with E-state index in [0.717, 1.165) is 17.6 Å². The van der Waals surface area contributed by atoms with E-state index < -0.39 is 11.7 Å². The Hall–Kier alpha value is -3.03. The zero-order chi connectivity index (χ0) is 22.0. The van der Waals surface area contributed by atoms with Gasteiger partial charge in [0.05, 0.1) is 12.7 Å². The number of aliphatic imine (C=N–C) groups is 1. The van der Waals surface area contributed by atoms with Crippen molar-refractivity contribution < 1.29 is 22.3 Å². The van der Waals surface area contributed by atoms with E-state index in [1.165, 1.54) is 31.4 Å². The van der Waals surface area contributed by atoms with Crippen molar-refractivity contribution in [3.63, 3.8) is 0 Å². The highest BCUT2D eigenvalue weighted by atomic mass is 19.4. The number of amidine groups is 1. The second-order valence-corrected chi connectivity index (χ2v) is 7.57. The van der Waals surface area contributed by atoms with E-state index >= 15 is 0 Å². The number of hydrogen-bond donors (Lipinski definition) is 0. The molecule has 1 unspecified atom stereocenters. The molecule has 0 amide bonds. The summed E-state index contributed by atoms with van der Waals surface area (Å²) in [7, 11) is 1.46. The molecule has 0 N–H and O–H groups in total. The first kappa shape index (κ1) is 21.2. The van der Waals surface area contributed by atoms with Gasteiger partial charge in [-0.25, -0.2) is 9.38 Å². The zero-order valence-corrected chi connectivity index (χ0v) is 17.1. The van der Waals surface area contributed by atoms with Gasteiger partial charge in [-0.2, -0.15) is 13.2 Å². The third-order valence-corrected chi connectivity index (χ3v) is 5.72. The predicted molar refractivity (Wildman–Crippen MR) is 112 cm³/mol. The van der Waals surface area contributed by atoms with Gasteiger partial charge in [-0.05, 0) is 48.9 Å². The first-order valence-corrected chi connectivity index (χ1v) is 10.1. The highest BCUT2D eigenvalue weighted by Crippen LogP contribution is 2.38. The Kier molecular flexibility index (Phi) is 5.89. The molecular formula is C23H23F4N3O. The fraction of sp³-hybridized carbons (Fsp3) is 0.348. The quantitative estimate of drug-likeness (QED) is 0.633. The van der Waals surface area contributed by atoms with Crippen molar-refractivity contribution in [3.8, 4) is 5.75 Å². The molecule has 4 rings (SSSR count). The molecule has 2 aromatic rings. The number of alkyl halides is 3. The van der Waals surface area contributed by atoms with Crippen LogP contribution in [0.3, 0.4) is 0 Å². The first-order valence-electron chi connectivity index (χ1n) is 10.1. The lowest BCUT2D eigenvalue weighted by molar-refractivity contribution is -0.137. The Morgan fingerprint density at radius 1 is 0.968 bits per heavy atom. The van der Waals surface area contributed by atoms with E-state index in [1.807, 2.05) is 6.08 Å². The summed E-state index contributed by atoms with van der Waals surface area (Å²) in [4.78, 5) is 8.83. The molecule has 1 saturated heterocycles. The normalized spacial score (nSPS) is 19.4. The number of nitrogens with zero attached hydrogens (tertiary/aromatic N) is 3. The van der Waals surface area contributed by atoms with E-state index in [0.29, 0.717) is 43.9 Å². The summed E-state index contributed by atoms with van der Waals surface area (Å²) in [5.41, 5.74) is 0.738. The average molecular weight is 433 g/mol. The lowest BCUT2D eigenvalue weighted by Crippen LogP contribution is -2.50. The van der Waals surface area contributed by atoms with Crippen molar-refractivity contribution in [3.05, 3.63) is 71.7 Å². The average Bonchev–Trinajstić information content (AvgIpc) is 2.79. The second kappa shape index (κ2) is 8.61. The molecule has 1 fully saturated rings. The highest BCUT2D eigenvalue weighted by molar-refractivity contribution is 5.91. The maximum Gasteiger partial charge on any atom is 0.416 e. The van der Waals surface area contributed by atoms with Crippen molar-refractivity contribution in [2.24, 2.45) is 4.99 Å². The van der Waals surface area contributed by atoms with Gasteiger partial charge in [-0.1, -0.05) is 6.08 Å². The SMILES string of the molecule is COc1ccc(C(F)(F)F)cc1C1CC=CN=C1N1CCN(c2ccc(F)cc2)CC1. The third-order valence-electron chi connectivity index (χ3n) is 5.72. The molecule has 2 aliphatic rings. The van der Waals surface area contributed by atoms with Crippen molar-refractivity contribution in [2.75, 3.05) is 38.2 Å². The van der Waals surface area contributed by atoms with E-state index in [1.54, 1.807) is 18.3 Å². The molecule has 0 bridgehead atoms. The predicted octanol–water partition coefficient (Wildman–Crippen LogP) is 5.07. The van der Waals surface area contributed by atoms with Gasteiger partial charge >= 0.3 is 6.18 Å². The minimum absolute atomic E-state index is 0.274. The molecule has 8 heteroatoms. The van der Waals surface area contributed by atoms with Crippen LogP contribution >= 0.6 is 0 Å². The third kappa shape index (κ3) is 4.52. The molecule has 4 nitrogen and oxygen atoms in total. The fourth-order valence-corrected chi connectivity index (χ4v) is 4.12. The molecule has 0 radical (unpaired) electrons. The van der Waals surface area contributed by atoms with Crippen molar-refractivity contribution in [2.45, 2.75) is 18.5 Å². The van der Waals surface area contributed by atoms with Gasteiger partial charge in [0.1, 0.15) is 17.4 Å². The minimum Gasteiger partial charge on any atom is -0.496 e. The Morgan fingerprint density at radius 2 is 1.65 bits per heavy atom. The highest BCUT2D eigenvalue weighted by Gasteiger charge is 2.34. The van der Waals surface area contributed by atoms with E-state index in [-0.39, 0.29) is 11.7 Å². The van der Waals surface area contributed by atoms with Crippen molar-refractivity contribution >= 4 is 11.5 Å². The van der Waals surface area contributed by atoms with Crippen LogP contribution in [0.1, 0.15) is 23.5 Å². The summed E-state index contributed by atoms with van der Waals surface area (Å²) in [6.07, 6.45) is -0.306. The smallest absolute Gasteiger partial charge is 0.416 e. The number of halogens is 4. The Bertz CT molecular complexity index is 977. The summed E-state index contributed by atoms with van der Waals surface area (Å²) < 4.78 is 58.6. The van der Waals surface area contributed by atoms with Crippen LogP contribution in [0.25, 0.3) is 0 Å². The van der Waals surface area contributed by atoms with E-state index in [2.05, 4.69) is 14.8 Å².